The second-order valence-electron chi connectivity index (χ2n) is 6.98. The molecule has 1 aliphatic carbocycles. The average Bonchev–Trinajstić information content (AvgIpc) is 2.63. The lowest BCUT2D eigenvalue weighted by molar-refractivity contribution is 0.151. The van der Waals surface area contributed by atoms with Crippen LogP contribution < -0.4 is 5.32 Å². The van der Waals surface area contributed by atoms with Gasteiger partial charge in [0.05, 0.1) is 13.2 Å². The third kappa shape index (κ3) is 5.66. The van der Waals surface area contributed by atoms with Crippen molar-refractivity contribution in [2.24, 2.45) is 5.41 Å². The Balaban J connectivity index is 1.77. The largest absolute Gasteiger partial charge is 0.508 e. The van der Waals surface area contributed by atoms with Crippen molar-refractivity contribution in [1.82, 2.24) is 5.32 Å². The molecule has 138 valence electrons. The highest BCUT2D eigenvalue weighted by molar-refractivity contribution is 5.29. The lowest BCUT2D eigenvalue weighted by Crippen LogP contribution is -2.41. The number of allylic oxidation sites excluding steroid dienone is 1. The van der Waals surface area contributed by atoms with E-state index >= 15 is 0 Å². The first-order chi connectivity index (χ1) is 12.0. The lowest BCUT2D eigenvalue weighted by atomic mass is 9.78. The normalized spacial score (nSPS) is 21.6. The number of hydrogen-bond acceptors (Lipinski definition) is 4. The van der Waals surface area contributed by atoms with Gasteiger partial charge in [-0.1, -0.05) is 18.2 Å². The quantitative estimate of drug-likeness (QED) is 0.553. The van der Waals surface area contributed by atoms with Crippen LogP contribution in [0.1, 0.15) is 31.7 Å². The molecule has 0 aromatic heterocycles. The second-order valence-corrected chi connectivity index (χ2v) is 6.98. The van der Waals surface area contributed by atoms with E-state index in [2.05, 4.69) is 12.2 Å². The third-order valence-corrected chi connectivity index (χ3v) is 4.85. The summed E-state index contributed by atoms with van der Waals surface area (Å²) in [6.07, 6.45) is 6.69. The van der Waals surface area contributed by atoms with Gasteiger partial charge in [-0.05, 0) is 62.0 Å². The SMILES string of the molecule is CC(CCCc1ccc(F)cc1)NCC1(CO)C=CC(O)=C(CO)C1. The Morgan fingerprint density at radius 2 is 1.96 bits per heavy atom. The van der Waals surface area contributed by atoms with E-state index in [-0.39, 0.29) is 30.8 Å². The van der Waals surface area contributed by atoms with Gasteiger partial charge in [-0.3, -0.25) is 0 Å². The minimum atomic E-state index is -0.491. The number of benzene rings is 1. The van der Waals surface area contributed by atoms with Gasteiger partial charge in [0, 0.05) is 18.0 Å². The predicted molar refractivity (Wildman–Crippen MR) is 96.8 cm³/mol. The van der Waals surface area contributed by atoms with Gasteiger partial charge in [0.15, 0.2) is 0 Å². The molecule has 0 aliphatic heterocycles. The molecule has 0 saturated carbocycles. The molecule has 0 heterocycles. The Morgan fingerprint density at radius 1 is 1.24 bits per heavy atom. The van der Waals surface area contributed by atoms with Crippen LogP contribution >= 0.6 is 0 Å². The van der Waals surface area contributed by atoms with Crippen molar-refractivity contribution in [3.8, 4) is 0 Å². The van der Waals surface area contributed by atoms with Crippen LogP contribution in [0, 0.1) is 11.2 Å². The molecule has 1 aliphatic rings. The molecule has 1 aromatic carbocycles. The number of aliphatic hydroxyl groups excluding tert-OH is 3. The fourth-order valence-electron chi connectivity index (χ4n) is 3.11. The summed E-state index contributed by atoms with van der Waals surface area (Å²) in [4.78, 5) is 0. The zero-order valence-corrected chi connectivity index (χ0v) is 14.7. The molecular formula is C20H28FNO3. The Morgan fingerprint density at radius 3 is 2.60 bits per heavy atom. The minimum absolute atomic E-state index is 0.0461. The monoisotopic (exact) mass is 349 g/mol. The van der Waals surface area contributed by atoms with E-state index in [1.165, 1.54) is 12.1 Å². The first kappa shape index (κ1) is 19.6. The van der Waals surface area contributed by atoms with E-state index < -0.39 is 5.41 Å². The van der Waals surface area contributed by atoms with Crippen molar-refractivity contribution < 1.29 is 19.7 Å². The van der Waals surface area contributed by atoms with E-state index in [0.29, 0.717) is 18.5 Å². The van der Waals surface area contributed by atoms with Crippen molar-refractivity contribution in [2.45, 2.75) is 38.6 Å². The highest BCUT2D eigenvalue weighted by Crippen LogP contribution is 2.33. The molecule has 5 heteroatoms. The molecule has 0 saturated heterocycles. The average molecular weight is 349 g/mol. The van der Waals surface area contributed by atoms with Crippen molar-refractivity contribution >= 4 is 0 Å². The highest BCUT2D eigenvalue weighted by atomic mass is 19.1. The number of aliphatic hydroxyl groups is 3. The van der Waals surface area contributed by atoms with Gasteiger partial charge in [-0.2, -0.15) is 0 Å². The molecule has 25 heavy (non-hydrogen) atoms. The lowest BCUT2D eigenvalue weighted by Gasteiger charge is -2.33. The Bertz CT molecular complexity index is 612. The van der Waals surface area contributed by atoms with Gasteiger partial charge in [0.1, 0.15) is 11.6 Å². The molecule has 0 fully saturated rings. The summed E-state index contributed by atoms with van der Waals surface area (Å²) < 4.78 is 12.9. The van der Waals surface area contributed by atoms with Crippen molar-refractivity contribution in [1.29, 1.82) is 0 Å². The summed E-state index contributed by atoms with van der Waals surface area (Å²) in [5, 5.41) is 32.3. The minimum Gasteiger partial charge on any atom is -0.508 e. The molecule has 0 radical (unpaired) electrons. The maximum atomic E-state index is 12.9. The van der Waals surface area contributed by atoms with Gasteiger partial charge in [0.2, 0.25) is 0 Å². The third-order valence-electron chi connectivity index (χ3n) is 4.85. The molecule has 2 rings (SSSR count). The van der Waals surface area contributed by atoms with Gasteiger partial charge in [0.25, 0.3) is 0 Å². The molecular weight excluding hydrogens is 321 g/mol. The molecule has 0 bridgehead atoms. The van der Waals surface area contributed by atoms with Crippen LogP contribution in [-0.2, 0) is 6.42 Å². The van der Waals surface area contributed by atoms with Crippen LogP contribution in [0.15, 0.2) is 47.7 Å². The number of hydrogen-bond donors (Lipinski definition) is 4. The maximum absolute atomic E-state index is 12.9. The van der Waals surface area contributed by atoms with Crippen LogP contribution in [-0.4, -0.2) is 41.1 Å². The Kier molecular flexibility index (Phi) is 7.17. The van der Waals surface area contributed by atoms with Crippen LogP contribution in [0.4, 0.5) is 4.39 Å². The number of halogens is 1. The fourth-order valence-corrected chi connectivity index (χ4v) is 3.11. The summed E-state index contributed by atoms with van der Waals surface area (Å²) in [7, 11) is 0. The first-order valence-electron chi connectivity index (χ1n) is 8.78. The number of rotatable bonds is 9. The number of nitrogens with one attached hydrogen (secondary N) is 1. The van der Waals surface area contributed by atoms with Gasteiger partial charge in [-0.25, -0.2) is 4.39 Å². The first-order valence-corrected chi connectivity index (χ1v) is 8.78. The Labute approximate surface area is 148 Å². The van der Waals surface area contributed by atoms with E-state index in [9.17, 15) is 19.7 Å². The van der Waals surface area contributed by atoms with Crippen molar-refractivity contribution in [2.75, 3.05) is 19.8 Å². The highest BCUT2D eigenvalue weighted by Gasteiger charge is 2.31. The van der Waals surface area contributed by atoms with E-state index in [4.69, 9.17) is 0 Å². The van der Waals surface area contributed by atoms with Crippen LogP contribution in [0.2, 0.25) is 0 Å². The predicted octanol–water partition coefficient (Wildman–Crippen LogP) is 2.87. The van der Waals surface area contributed by atoms with Gasteiger partial charge < -0.3 is 20.6 Å². The summed E-state index contributed by atoms with van der Waals surface area (Å²) in [5.74, 6) is -0.116. The number of aryl methyl sites for hydroxylation is 1. The molecule has 2 atom stereocenters. The van der Waals surface area contributed by atoms with Crippen LogP contribution in [0.3, 0.4) is 0 Å². The van der Waals surface area contributed by atoms with E-state index in [1.54, 1.807) is 6.08 Å². The molecule has 1 aromatic rings. The van der Waals surface area contributed by atoms with Crippen molar-refractivity contribution in [3.05, 3.63) is 59.1 Å². The summed E-state index contributed by atoms with van der Waals surface area (Å²) in [6.45, 7) is 2.43. The van der Waals surface area contributed by atoms with Crippen molar-refractivity contribution in [3.63, 3.8) is 0 Å². The molecule has 4 N–H and O–H groups in total. The molecule has 0 spiro atoms. The van der Waals surface area contributed by atoms with E-state index in [0.717, 1.165) is 24.8 Å². The summed E-state index contributed by atoms with van der Waals surface area (Å²) in [5.41, 5.74) is 1.20. The molecule has 4 nitrogen and oxygen atoms in total. The zero-order chi connectivity index (χ0) is 18.3. The van der Waals surface area contributed by atoms with Gasteiger partial charge in [-0.15, -0.1) is 0 Å². The molecule has 0 amide bonds. The van der Waals surface area contributed by atoms with E-state index in [1.807, 2.05) is 18.2 Å². The maximum Gasteiger partial charge on any atom is 0.123 e. The molecule has 2 unspecified atom stereocenters. The zero-order valence-electron chi connectivity index (χ0n) is 14.7. The standard InChI is InChI=1S/C20H28FNO3/c1-15(3-2-4-16-5-7-18(21)8-6-16)22-13-20(14-24)10-9-19(25)17(11-20)12-23/h5-10,15,22-25H,2-4,11-14H2,1H3. The van der Waals surface area contributed by atoms with Gasteiger partial charge >= 0.3 is 0 Å². The topological polar surface area (TPSA) is 72.7 Å². The summed E-state index contributed by atoms with van der Waals surface area (Å²) >= 11 is 0. The Hall–Kier alpha value is -1.69. The summed E-state index contributed by atoms with van der Waals surface area (Å²) in [6, 6.07) is 6.87. The smallest absolute Gasteiger partial charge is 0.123 e. The van der Waals surface area contributed by atoms with Crippen LogP contribution in [0.25, 0.3) is 0 Å². The fraction of sp³-hybridized carbons (Fsp3) is 0.500. The van der Waals surface area contributed by atoms with Crippen LogP contribution in [0.5, 0.6) is 0 Å². The second kappa shape index (κ2) is 9.13.